The molecule has 1 aliphatic carbocycles. The lowest BCUT2D eigenvalue weighted by Gasteiger charge is -2.32. The maximum atomic E-state index is 12.4. The second-order valence-electron chi connectivity index (χ2n) is 9.43. The van der Waals surface area contributed by atoms with E-state index in [1.807, 2.05) is 25.7 Å². The van der Waals surface area contributed by atoms with Gasteiger partial charge < -0.3 is 18.9 Å². The minimum atomic E-state index is -0.466. The lowest BCUT2D eigenvalue weighted by molar-refractivity contribution is 0.00578. The van der Waals surface area contributed by atoms with Gasteiger partial charge in [-0.2, -0.15) is 0 Å². The third kappa shape index (κ3) is 3.23. The Morgan fingerprint density at radius 3 is 2.17 bits per heavy atom. The highest BCUT2D eigenvalue weighted by atomic mass is 16.7. The Bertz CT molecular complexity index is 556. The van der Waals surface area contributed by atoms with Gasteiger partial charge in [0.2, 0.25) is 0 Å². The van der Waals surface area contributed by atoms with Crippen molar-refractivity contribution in [2.24, 2.45) is 5.41 Å². The maximum Gasteiger partial charge on any atom is 0.487 e. The highest BCUT2D eigenvalue weighted by Gasteiger charge is 2.55. The summed E-state index contributed by atoms with van der Waals surface area (Å²) >= 11 is 0. The average Bonchev–Trinajstić information content (AvgIpc) is 2.99. The molecule has 1 spiro atoms. The summed E-state index contributed by atoms with van der Waals surface area (Å²) in [6.45, 7) is 15.3. The Hall–Kier alpha value is -1.01. The number of hydrogen-bond donors (Lipinski definition) is 0. The van der Waals surface area contributed by atoms with Crippen molar-refractivity contribution >= 4 is 13.2 Å². The molecule has 0 radical (unpaired) electrons. The van der Waals surface area contributed by atoms with E-state index >= 15 is 0 Å². The molecule has 0 unspecified atom stereocenters. The van der Waals surface area contributed by atoms with Gasteiger partial charge >= 0.3 is 13.2 Å². The molecule has 6 heteroatoms. The van der Waals surface area contributed by atoms with Crippen molar-refractivity contribution in [1.29, 1.82) is 0 Å². The van der Waals surface area contributed by atoms with Crippen LogP contribution in [0.4, 0.5) is 4.79 Å². The van der Waals surface area contributed by atoms with Gasteiger partial charge in [0.25, 0.3) is 0 Å². The van der Waals surface area contributed by atoms with Gasteiger partial charge in [-0.25, -0.2) is 4.79 Å². The number of carbonyl (C=O) groups is 1. The molecule has 5 nitrogen and oxygen atoms in total. The normalized spacial score (nSPS) is 28.7. The standard InChI is InChI=1S/C18H30BNO4/c1-15(2,3)22-14(21)20-11-13(18(12-20)8-9-18)10-19-23-16(4,5)17(6,7)24-19/h10H,8-9,11-12H2,1-7H3/b13-10+. The SMILES string of the molecule is CC(C)(C)OC(=O)N1C/C(=C\B2OC(C)(C)C(C)(C)O2)C2(CC2)C1. The second kappa shape index (κ2) is 5.24. The first kappa shape index (κ1) is 17.8. The summed E-state index contributed by atoms with van der Waals surface area (Å²) in [6, 6.07) is 0. The summed E-state index contributed by atoms with van der Waals surface area (Å²) < 4.78 is 17.7. The zero-order valence-corrected chi connectivity index (χ0v) is 16.1. The summed E-state index contributed by atoms with van der Waals surface area (Å²) in [4.78, 5) is 14.2. The fourth-order valence-corrected chi connectivity index (χ4v) is 3.33. The Morgan fingerprint density at radius 2 is 1.71 bits per heavy atom. The van der Waals surface area contributed by atoms with Crippen LogP contribution in [0.15, 0.2) is 11.5 Å². The lowest BCUT2D eigenvalue weighted by Crippen LogP contribution is -2.41. The summed E-state index contributed by atoms with van der Waals surface area (Å²) in [5.74, 6) is 2.09. The zero-order valence-electron chi connectivity index (χ0n) is 16.1. The van der Waals surface area contributed by atoms with E-state index in [0.717, 1.165) is 19.4 Å². The van der Waals surface area contributed by atoms with E-state index in [4.69, 9.17) is 14.0 Å². The van der Waals surface area contributed by atoms with Gasteiger partial charge in [-0.1, -0.05) is 11.5 Å². The van der Waals surface area contributed by atoms with Crippen LogP contribution in [-0.2, 0) is 14.0 Å². The molecule has 2 heterocycles. The van der Waals surface area contributed by atoms with Gasteiger partial charge in [0, 0.05) is 18.5 Å². The number of amides is 1. The number of ether oxygens (including phenoxy) is 1. The molecule has 0 N–H and O–H groups in total. The van der Waals surface area contributed by atoms with Crippen molar-refractivity contribution in [2.75, 3.05) is 13.1 Å². The fraction of sp³-hybridized carbons (Fsp3) is 0.833. The maximum absolute atomic E-state index is 12.4. The van der Waals surface area contributed by atoms with Gasteiger partial charge in [0.05, 0.1) is 11.2 Å². The molecule has 2 aliphatic heterocycles. The predicted molar refractivity (Wildman–Crippen MR) is 93.6 cm³/mol. The van der Waals surface area contributed by atoms with E-state index in [0.29, 0.717) is 6.54 Å². The molecule has 134 valence electrons. The van der Waals surface area contributed by atoms with E-state index in [9.17, 15) is 4.79 Å². The van der Waals surface area contributed by atoms with Crippen LogP contribution in [0.3, 0.4) is 0 Å². The Kier molecular flexibility index (Phi) is 3.89. The number of nitrogens with zero attached hydrogens (tertiary/aromatic N) is 1. The minimum absolute atomic E-state index is 0.125. The van der Waals surface area contributed by atoms with Crippen LogP contribution in [0.25, 0.3) is 0 Å². The molecule has 1 amide bonds. The fourth-order valence-electron chi connectivity index (χ4n) is 3.33. The van der Waals surface area contributed by atoms with Gasteiger partial charge in [-0.05, 0) is 61.3 Å². The van der Waals surface area contributed by atoms with Crippen LogP contribution >= 0.6 is 0 Å². The van der Waals surface area contributed by atoms with Crippen molar-refractivity contribution in [2.45, 2.75) is 78.1 Å². The van der Waals surface area contributed by atoms with E-state index in [-0.39, 0.29) is 29.8 Å². The summed E-state index contributed by atoms with van der Waals surface area (Å²) in [5, 5.41) is 0. The zero-order chi connectivity index (χ0) is 18.0. The van der Waals surface area contributed by atoms with Crippen LogP contribution in [0.1, 0.15) is 61.3 Å². The van der Waals surface area contributed by atoms with Crippen molar-refractivity contribution in [1.82, 2.24) is 4.90 Å². The molecule has 1 saturated carbocycles. The number of rotatable bonds is 1. The molecule has 0 bridgehead atoms. The highest BCUT2D eigenvalue weighted by Crippen LogP contribution is 2.56. The number of hydrogen-bond acceptors (Lipinski definition) is 4. The molecule has 3 aliphatic rings. The molecule has 3 fully saturated rings. The first-order chi connectivity index (χ1) is 10.8. The number of likely N-dealkylation sites (tertiary alicyclic amines) is 1. The van der Waals surface area contributed by atoms with Crippen LogP contribution in [0.5, 0.6) is 0 Å². The monoisotopic (exact) mass is 335 g/mol. The average molecular weight is 335 g/mol. The Morgan fingerprint density at radius 1 is 1.17 bits per heavy atom. The molecular weight excluding hydrogens is 305 g/mol. The van der Waals surface area contributed by atoms with E-state index in [1.54, 1.807) is 0 Å². The van der Waals surface area contributed by atoms with Gasteiger partial charge in [-0.15, -0.1) is 0 Å². The highest BCUT2D eigenvalue weighted by molar-refractivity contribution is 6.51. The third-order valence-electron chi connectivity index (χ3n) is 5.65. The van der Waals surface area contributed by atoms with Gasteiger partial charge in [0.1, 0.15) is 5.60 Å². The first-order valence-electron chi connectivity index (χ1n) is 8.88. The second-order valence-corrected chi connectivity index (χ2v) is 9.43. The minimum Gasteiger partial charge on any atom is -0.444 e. The van der Waals surface area contributed by atoms with Crippen molar-refractivity contribution in [3.63, 3.8) is 0 Å². The molecule has 0 aromatic heterocycles. The van der Waals surface area contributed by atoms with Crippen molar-refractivity contribution in [3.8, 4) is 0 Å². The molecule has 24 heavy (non-hydrogen) atoms. The molecule has 0 atom stereocenters. The largest absolute Gasteiger partial charge is 0.487 e. The third-order valence-corrected chi connectivity index (χ3v) is 5.65. The first-order valence-corrected chi connectivity index (χ1v) is 8.88. The van der Waals surface area contributed by atoms with E-state index in [1.165, 1.54) is 5.57 Å². The van der Waals surface area contributed by atoms with E-state index < -0.39 is 5.60 Å². The Labute approximate surface area is 145 Å². The van der Waals surface area contributed by atoms with Crippen molar-refractivity contribution in [3.05, 3.63) is 11.5 Å². The summed E-state index contributed by atoms with van der Waals surface area (Å²) in [5.41, 5.74) is 0.239. The molecule has 3 rings (SSSR count). The molecule has 0 aromatic rings. The summed E-state index contributed by atoms with van der Waals surface area (Å²) in [7, 11) is -0.346. The van der Waals surface area contributed by atoms with Crippen molar-refractivity contribution < 1.29 is 18.8 Å². The Balaban J connectivity index is 1.72. The number of carbonyl (C=O) groups excluding carboxylic acids is 1. The van der Waals surface area contributed by atoms with E-state index in [2.05, 4.69) is 33.7 Å². The topological polar surface area (TPSA) is 48.0 Å². The summed E-state index contributed by atoms with van der Waals surface area (Å²) in [6.07, 6.45) is 2.01. The van der Waals surface area contributed by atoms with Gasteiger partial charge in [0.15, 0.2) is 0 Å². The van der Waals surface area contributed by atoms with Crippen LogP contribution in [0, 0.1) is 5.41 Å². The van der Waals surface area contributed by atoms with Gasteiger partial charge in [-0.3, -0.25) is 0 Å². The smallest absolute Gasteiger partial charge is 0.444 e. The molecular formula is C18H30BNO4. The van der Waals surface area contributed by atoms with Crippen LogP contribution in [0.2, 0.25) is 0 Å². The predicted octanol–water partition coefficient (Wildman–Crippen LogP) is 3.58. The van der Waals surface area contributed by atoms with Crippen LogP contribution < -0.4 is 0 Å². The molecule has 2 saturated heterocycles. The van der Waals surface area contributed by atoms with Crippen LogP contribution in [-0.4, -0.2) is 48.0 Å². The quantitative estimate of drug-likeness (QED) is 0.687. The lowest BCUT2D eigenvalue weighted by atomic mass is 9.83. The molecule has 0 aromatic carbocycles.